The summed E-state index contributed by atoms with van der Waals surface area (Å²) in [6.07, 6.45) is 6.25. The number of ether oxygens (including phenoxy) is 3. The van der Waals surface area contributed by atoms with Crippen molar-refractivity contribution in [1.29, 1.82) is 0 Å². The topological polar surface area (TPSA) is 78.9 Å². The average molecular weight is 298 g/mol. The molecule has 6 heteroatoms. The molecular formula is C15H22O6. The van der Waals surface area contributed by atoms with Crippen molar-refractivity contribution < 1.29 is 28.6 Å². The Morgan fingerprint density at radius 1 is 0.905 bits per heavy atom. The van der Waals surface area contributed by atoms with Gasteiger partial charge in [-0.25, -0.2) is 0 Å². The quantitative estimate of drug-likeness (QED) is 0.279. The molecule has 0 aliphatic carbocycles. The van der Waals surface area contributed by atoms with Gasteiger partial charge < -0.3 is 14.2 Å². The van der Waals surface area contributed by atoms with Gasteiger partial charge in [-0.1, -0.05) is 24.3 Å². The summed E-state index contributed by atoms with van der Waals surface area (Å²) in [5.74, 6) is -3.55. The molecule has 0 unspecified atom stereocenters. The summed E-state index contributed by atoms with van der Waals surface area (Å²) in [4.78, 5) is 35.2. The number of hydrogen-bond acceptors (Lipinski definition) is 6. The number of esters is 3. The highest BCUT2D eigenvalue weighted by atomic mass is 16.6. The van der Waals surface area contributed by atoms with Gasteiger partial charge in [-0.15, -0.1) is 0 Å². The van der Waals surface area contributed by atoms with E-state index in [-0.39, 0.29) is 19.8 Å². The van der Waals surface area contributed by atoms with Crippen LogP contribution in [0.1, 0.15) is 27.2 Å². The second-order valence-corrected chi connectivity index (χ2v) is 3.96. The fraction of sp³-hybridized carbons (Fsp3) is 0.533. The first-order valence-electron chi connectivity index (χ1n) is 6.77. The van der Waals surface area contributed by atoms with E-state index in [0.717, 1.165) is 0 Å². The van der Waals surface area contributed by atoms with Gasteiger partial charge in [0, 0.05) is 0 Å². The maximum Gasteiger partial charge on any atom is 0.321 e. The Balaban J connectivity index is 4.69. The molecule has 0 atom stereocenters. The van der Waals surface area contributed by atoms with E-state index in [4.69, 9.17) is 14.2 Å². The molecule has 0 aromatic rings. The van der Waals surface area contributed by atoms with Crippen molar-refractivity contribution >= 4 is 17.9 Å². The predicted molar refractivity (Wildman–Crippen MR) is 76.3 cm³/mol. The number of hydrogen-bond donors (Lipinski definition) is 0. The van der Waals surface area contributed by atoms with Crippen LogP contribution in [0.2, 0.25) is 0 Å². The fourth-order valence-corrected chi connectivity index (χ4v) is 1.30. The molecule has 0 aliphatic rings. The standard InChI is InChI=1S/C15H22O6/c1-4-7-9-20-14(17)12(11-13(16)19-6-3)15(18)21-10-8-5-2/h4-5,7-8,12H,6,9-11H2,1-3H3/b7-4+,8-5+. The minimum Gasteiger partial charge on any atom is -0.466 e. The highest BCUT2D eigenvalue weighted by Crippen LogP contribution is 2.10. The molecule has 0 fully saturated rings. The molecule has 0 radical (unpaired) electrons. The highest BCUT2D eigenvalue weighted by Gasteiger charge is 2.32. The smallest absolute Gasteiger partial charge is 0.321 e. The number of rotatable bonds is 9. The summed E-state index contributed by atoms with van der Waals surface area (Å²) in [6.45, 7) is 5.44. The van der Waals surface area contributed by atoms with E-state index in [1.165, 1.54) is 0 Å². The summed E-state index contributed by atoms with van der Waals surface area (Å²) in [7, 11) is 0. The van der Waals surface area contributed by atoms with Gasteiger partial charge in [-0.05, 0) is 20.8 Å². The molecule has 0 aromatic heterocycles. The molecular weight excluding hydrogens is 276 g/mol. The van der Waals surface area contributed by atoms with E-state index in [0.29, 0.717) is 0 Å². The minimum atomic E-state index is -1.31. The van der Waals surface area contributed by atoms with Crippen molar-refractivity contribution in [3.63, 3.8) is 0 Å². The SMILES string of the molecule is C/C=C/COC(=O)C(CC(=O)OCC)C(=O)OC/C=C/C. The summed E-state index contributed by atoms with van der Waals surface area (Å²) < 4.78 is 14.5. The molecule has 0 spiro atoms. The van der Waals surface area contributed by atoms with E-state index < -0.39 is 30.2 Å². The van der Waals surface area contributed by atoms with Crippen LogP contribution in [0.3, 0.4) is 0 Å². The van der Waals surface area contributed by atoms with Crippen LogP contribution in [-0.2, 0) is 28.6 Å². The van der Waals surface area contributed by atoms with Crippen LogP contribution in [0.4, 0.5) is 0 Å². The zero-order valence-electron chi connectivity index (χ0n) is 12.7. The van der Waals surface area contributed by atoms with Crippen LogP contribution in [0.5, 0.6) is 0 Å². The molecule has 0 aliphatic heterocycles. The Morgan fingerprint density at radius 3 is 1.76 bits per heavy atom. The van der Waals surface area contributed by atoms with Gasteiger partial charge in [0.05, 0.1) is 13.0 Å². The second-order valence-electron chi connectivity index (χ2n) is 3.96. The van der Waals surface area contributed by atoms with E-state index in [1.807, 2.05) is 0 Å². The Kier molecular flexibility index (Phi) is 10.5. The van der Waals surface area contributed by atoms with Crippen molar-refractivity contribution in [2.24, 2.45) is 5.92 Å². The van der Waals surface area contributed by atoms with Crippen molar-refractivity contribution in [2.75, 3.05) is 19.8 Å². The lowest BCUT2D eigenvalue weighted by molar-refractivity contribution is -0.165. The van der Waals surface area contributed by atoms with Crippen LogP contribution < -0.4 is 0 Å². The van der Waals surface area contributed by atoms with Crippen LogP contribution in [0.15, 0.2) is 24.3 Å². The van der Waals surface area contributed by atoms with Crippen molar-refractivity contribution in [3.8, 4) is 0 Å². The summed E-state index contributed by atoms with van der Waals surface area (Å²) in [5.41, 5.74) is 0. The lowest BCUT2D eigenvalue weighted by atomic mass is 10.1. The highest BCUT2D eigenvalue weighted by molar-refractivity contribution is 5.98. The first-order valence-corrected chi connectivity index (χ1v) is 6.77. The minimum absolute atomic E-state index is 0.0385. The monoisotopic (exact) mass is 298 g/mol. The first-order chi connectivity index (χ1) is 10.1. The van der Waals surface area contributed by atoms with E-state index in [1.54, 1.807) is 45.1 Å². The zero-order valence-corrected chi connectivity index (χ0v) is 12.7. The summed E-state index contributed by atoms with van der Waals surface area (Å²) >= 11 is 0. The summed E-state index contributed by atoms with van der Waals surface area (Å²) in [5, 5.41) is 0. The molecule has 0 N–H and O–H groups in total. The van der Waals surface area contributed by atoms with Gasteiger partial charge in [-0.3, -0.25) is 14.4 Å². The Bertz CT molecular complexity index is 369. The summed E-state index contributed by atoms with van der Waals surface area (Å²) in [6, 6.07) is 0. The second kappa shape index (κ2) is 11.7. The third kappa shape index (κ3) is 8.62. The van der Waals surface area contributed by atoms with Gasteiger partial charge in [0.25, 0.3) is 0 Å². The van der Waals surface area contributed by atoms with Crippen LogP contribution in [0, 0.1) is 5.92 Å². The van der Waals surface area contributed by atoms with E-state index >= 15 is 0 Å². The largest absolute Gasteiger partial charge is 0.466 e. The van der Waals surface area contributed by atoms with Gasteiger partial charge in [-0.2, -0.15) is 0 Å². The number of carbonyl (C=O) groups excluding carboxylic acids is 3. The van der Waals surface area contributed by atoms with Crippen molar-refractivity contribution in [3.05, 3.63) is 24.3 Å². The maximum atomic E-state index is 11.8. The molecule has 118 valence electrons. The lowest BCUT2D eigenvalue weighted by Crippen LogP contribution is -2.31. The maximum absolute atomic E-state index is 11.8. The van der Waals surface area contributed by atoms with Crippen molar-refractivity contribution in [2.45, 2.75) is 27.2 Å². The van der Waals surface area contributed by atoms with E-state index in [2.05, 4.69) is 0 Å². The molecule has 6 nitrogen and oxygen atoms in total. The van der Waals surface area contributed by atoms with Gasteiger partial charge in [0.1, 0.15) is 13.2 Å². The fourth-order valence-electron chi connectivity index (χ4n) is 1.30. The molecule has 0 amide bonds. The molecule has 0 heterocycles. The zero-order chi connectivity index (χ0) is 16.1. The Hall–Kier alpha value is -2.11. The Morgan fingerprint density at radius 2 is 1.38 bits per heavy atom. The van der Waals surface area contributed by atoms with Crippen LogP contribution in [-0.4, -0.2) is 37.7 Å². The molecule has 0 bridgehead atoms. The molecule has 0 saturated carbocycles. The average Bonchev–Trinajstić information content (AvgIpc) is 2.45. The first kappa shape index (κ1) is 18.9. The normalized spacial score (nSPS) is 11.0. The van der Waals surface area contributed by atoms with Crippen LogP contribution in [0.25, 0.3) is 0 Å². The van der Waals surface area contributed by atoms with Crippen LogP contribution >= 0.6 is 0 Å². The third-order valence-electron chi connectivity index (χ3n) is 2.36. The van der Waals surface area contributed by atoms with Gasteiger partial charge in [0.15, 0.2) is 5.92 Å². The predicted octanol–water partition coefficient (Wildman–Crippen LogP) is 1.79. The molecule has 21 heavy (non-hydrogen) atoms. The number of carbonyl (C=O) groups is 3. The van der Waals surface area contributed by atoms with Crippen molar-refractivity contribution in [1.82, 2.24) is 0 Å². The van der Waals surface area contributed by atoms with Gasteiger partial charge in [0.2, 0.25) is 0 Å². The molecule has 0 saturated heterocycles. The Labute approximate surface area is 124 Å². The molecule has 0 rings (SSSR count). The number of allylic oxidation sites excluding steroid dienone is 2. The third-order valence-corrected chi connectivity index (χ3v) is 2.36. The molecule has 0 aromatic carbocycles. The van der Waals surface area contributed by atoms with Gasteiger partial charge >= 0.3 is 17.9 Å². The lowest BCUT2D eigenvalue weighted by Gasteiger charge is -2.13. The van der Waals surface area contributed by atoms with E-state index in [9.17, 15) is 14.4 Å².